The number of nitrogens with one attached hydrogen (secondary N) is 1. The van der Waals surface area contributed by atoms with Gasteiger partial charge in [0.15, 0.2) is 0 Å². The minimum atomic E-state index is -4.79. The highest BCUT2D eigenvalue weighted by Crippen LogP contribution is 2.27. The zero-order chi connectivity index (χ0) is 21.0. The molecule has 1 amide bonds. The van der Waals surface area contributed by atoms with Gasteiger partial charge < -0.3 is 10.1 Å². The Morgan fingerprint density at radius 1 is 1.10 bits per heavy atom. The predicted octanol–water partition coefficient (Wildman–Crippen LogP) is 4.82. The van der Waals surface area contributed by atoms with E-state index < -0.39 is 18.0 Å². The SMILES string of the molecule is N#Cc1cc(Cl)c(-c2ccc(C(=O)Nc3ccc(OC(F)(F)F)cc3)cn2)cn1. The molecule has 0 saturated carbocycles. The standard InChI is InChI=1S/C19H10ClF3N4O2/c20-16-7-13(8-24)25-10-15(16)17-6-1-11(9-26-17)18(28)27-12-2-4-14(5-3-12)29-19(21,22)23/h1-7,9-10H,(H,27,28). The summed E-state index contributed by atoms with van der Waals surface area (Å²) in [4.78, 5) is 20.4. The molecular weight excluding hydrogens is 409 g/mol. The van der Waals surface area contributed by atoms with Crippen molar-refractivity contribution < 1.29 is 22.7 Å². The average Bonchev–Trinajstić information content (AvgIpc) is 2.68. The third-order valence-corrected chi connectivity index (χ3v) is 3.93. The van der Waals surface area contributed by atoms with Gasteiger partial charge in [-0.1, -0.05) is 11.6 Å². The summed E-state index contributed by atoms with van der Waals surface area (Å²) in [6, 6.07) is 11.1. The van der Waals surface area contributed by atoms with Crippen molar-refractivity contribution in [3.8, 4) is 23.1 Å². The summed E-state index contributed by atoms with van der Waals surface area (Å²) in [5.74, 6) is -0.896. The molecule has 0 bridgehead atoms. The van der Waals surface area contributed by atoms with Crippen molar-refractivity contribution in [1.82, 2.24) is 9.97 Å². The second kappa shape index (κ2) is 8.16. The molecule has 1 aromatic carbocycles. The molecule has 2 aromatic heterocycles. The Kier molecular flexibility index (Phi) is 5.66. The number of hydrogen-bond acceptors (Lipinski definition) is 5. The number of nitriles is 1. The molecule has 1 N–H and O–H groups in total. The highest BCUT2D eigenvalue weighted by Gasteiger charge is 2.30. The Balaban J connectivity index is 1.70. The molecule has 0 unspecified atom stereocenters. The maximum Gasteiger partial charge on any atom is 0.573 e. The molecule has 10 heteroatoms. The smallest absolute Gasteiger partial charge is 0.406 e. The van der Waals surface area contributed by atoms with Crippen LogP contribution in [-0.4, -0.2) is 22.2 Å². The molecule has 0 aliphatic carbocycles. The van der Waals surface area contributed by atoms with Crippen LogP contribution in [0.1, 0.15) is 16.1 Å². The van der Waals surface area contributed by atoms with Crippen LogP contribution in [0.3, 0.4) is 0 Å². The van der Waals surface area contributed by atoms with E-state index in [1.165, 1.54) is 36.7 Å². The van der Waals surface area contributed by atoms with E-state index in [9.17, 15) is 18.0 Å². The minimum absolute atomic E-state index is 0.168. The molecular formula is C19H10ClF3N4O2. The third kappa shape index (κ3) is 5.21. The lowest BCUT2D eigenvalue weighted by Gasteiger charge is -2.10. The summed E-state index contributed by atoms with van der Waals surface area (Å²) >= 11 is 6.11. The Hall–Kier alpha value is -3.64. The Labute approximate surface area is 167 Å². The number of nitrogens with zero attached hydrogens (tertiary/aromatic N) is 3. The summed E-state index contributed by atoms with van der Waals surface area (Å²) in [6.45, 7) is 0. The van der Waals surface area contributed by atoms with Crippen LogP contribution in [0.25, 0.3) is 11.3 Å². The zero-order valence-corrected chi connectivity index (χ0v) is 15.1. The molecule has 2 heterocycles. The van der Waals surface area contributed by atoms with Crippen LogP contribution in [0.5, 0.6) is 5.75 Å². The van der Waals surface area contributed by atoms with E-state index in [0.29, 0.717) is 16.3 Å². The summed E-state index contributed by atoms with van der Waals surface area (Å²) in [5.41, 5.74) is 1.63. The molecule has 0 atom stereocenters. The molecule has 0 fully saturated rings. The Morgan fingerprint density at radius 3 is 2.38 bits per heavy atom. The Bertz CT molecular complexity index is 1080. The molecule has 0 aliphatic heterocycles. The lowest BCUT2D eigenvalue weighted by Crippen LogP contribution is -2.17. The number of ether oxygens (including phenoxy) is 1. The van der Waals surface area contributed by atoms with Crippen LogP contribution in [0.15, 0.2) is 54.9 Å². The third-order valence-electron chi connectivity index (χ3n) is 3.62. The minimum Gasteiger partial charge on any atom is -0.406 e. The van der Waals surface area contributed by atoms with Crippen LogP contribution < -0.4 is 10.1 Å². The fourth-order valence-corrected chi connectivity index (χ4v) is 2.56. The molecule has 0 spiro atoms. The van der Waals surface area contributed by atoms with Crippen LogP contribution in [0.2, 0.25) is 5.02 Å². The molecule has 3 aromatic rings. The van der Waals surface area contributed by atoms with Crippen molar-refractivity contribution in [3.05, 3.63) is 71.1 Å². The summed E-state index contributed by atoms with van der Waals surface area (Å²) < 4.78 is 40.3. The molecule has 3 rings (SSSR count). The summed E-state index contributed by atoms with van der Waals surface area (Å²) in [7, 11) is 0. The lowest BCUT2D eigenvalue weighted by atomic mass is 10.1. The van der Waals surface area contributed by atoms with Crippen molar-refractivity contribution in [1.29, 1.82) is 5.26 Å². The number of amides is 1. The number of pyridine rings is 2. The van der Waals surface area contributed by atoms with Crippen molar-refractivity contribution in [2.24, 2.45) is 0 Å². The number of halogens is 4. The van der Waals surface area contributed by atoms with Crippen molar-refractivity contribution in [2.75, 3.05) is 5.32 Å². The number of carbonyl (C=O) groups excluding carboxylic acids is 1. The van der Waals surface area contributed by atoms with Gasteiger partial charge in [0.05, 0.1) is 16.3 Å². The second-order valence-electron chi connectivity index (χ2n) is 5.62. The van der Waals surface area contributed by atoms with E-state index in [4.69, 9.17) is 16.9 Å². The van der Waals surface area contributed by atoms with E-state index in [-0.39, 0.29) is 16.9 Å². The van der Waals surface area contributed by atoms with Crippen LogP contribution in [0.4, 0.5) is 18.9 Å². The van der Waals surface area contributed by atoms with Gasteiger partial charge in [-0.25, -0.2) is 4.98 Å². The largest absolute Gasteiger partial charge is 0.573 e. The zero-order valence-electron chi connectivity index (χ0n) is 14.4. The van der Waals surface area contributed by atoms with Gasteiger partial charge in [0.25, 0.3) is 5.91 Å². The number of hydrogen-bond donors (Lipinski definition) is 1. The number of benzene rings is 1. The van der Waals surface area contributed by atoms with Gasteiger partial charge in [-0.3, -0.25) is 9.78 Å². The van der Waals surface area contributed by atoms with E-state index >= 15 is 0 Å². The highest BCUT2D eigenvalue weighted by molar-refractivity contribution is 6.33. The van der Waals surface area contributed by atoms with Crippen molar-refractivity contribution in [2.45, 2.75) is 6.36 Å². The molecule has 6 nitrogen and oxygen atoms in total. The normalized spacial score (nSPS) is 10.9. The van der Waals surface area contributed by atoms with E-state index in [0.717, 1.165) is 12.1 Å². The van der Waals surface area contributed by atoms with E-state index in [2.05, 4.69) is 20.0 Å². The number of anilines is 1. The van der Waals surface area contributed by atoms with E-state index in [1.807, 2.05) is 6.07 Å². The number of rotatable bonds is 4. The van der Waals surface area contributed by atoms with Gasteiger partial charge in [-0.2, -0.15) is 5.26 Å². The highest BCUT2D eigenvalue weighted by atomic mass is 35.5. The van der Waals surface area contributed by atoms with Gasteiger partial charge in [-0.05, 0) is 42.5 Å². The summed E-state index contributed by atoms with van der Waals surface area (Å²) in [6.07, 6.45) is -2.06. The van der Waals surface area contributed by atoms with Gasteiger partial charge in [0, 0.05) is 23.6 Å². The fourth-order valence-electron chi connectivity index (χ4n) is 2.31. The molecule has 0 radical (unpaired) electrons. The maximum absolute atomic E-state index is 12.3. The molecule has 0 saturated heterocycles. The van der Waals surface area contributed by atoms with Crippen molar-refractivity contribution in [3.63, 3.8) is 0 Å². The number of carbonyl (C=O) groups is 1. The van der Waals surface area contributed by atoms with Gasteiger partial charge in [-0.15, -0.1) is 13.2 Å². The first-order valence-electron chi connectivity index (χ1n) is 7.94. The second-order valence-corrected chi connectivity index (χ2v) is 6.03. The van der Waals surface area contributed by atoms with Gasteiger partial charge in [0.1, 0.15) is 17.5 Å². The Morgan fingerprint density at radius 2 is 1.83 bits per heavy atom. The maximum atomic E-state index is 12.3. The molecule has 146 valence electrons. The van der Waals surface area contributed by atoms with Crippen LogP contribution in [-0.2, 0) is 0 Å². The van der Waals surface area contributed by atoms with Gasteiger partial charge >= 0.3 is 6.36 Å². The van der Waals surface area contributed by atoms with Crippen molar-refractivity contribution >= 4 is 23.2 Å². The fraction of sp³-hybridized carbons (Fsp3) is 0.0526. The van der Waals surface area contributed by atoms with E-state index in [1.54, 1.807) is 6.07 Å². The first-order valence-corrected chi connectivity index (χ1v) is 8.32. The summed E-state index contributed by atoms with van der Waals surface area (Å²) in [5, 5.41) is 11.7. The molecule has 29 heavy (non-hydrogen) atoms. The molecule has 0 aliphatic rings. The first-order chi connectivity index (χ1) is 13.7. The average molecular weight is 419 g/mol. The van der Waals surface area contributed by atoms with Gasteiger partial charge in [0.2, 0.25) is 0 Å². The topological polar surface area (TPSA) is 87.9 Å². The number of aromatic nitrogens is 2. The quantitative estimate of drug-likeness (QED) is 0.656. The number of alkyl halides is 3. The monoisotopic (exact) mass is 418 g/mol. The van der Waals surface area contributed by atoms with Crippen LogP contribution >= 0.6 is 11.6 Å². The lowest BCUT2D eigenvalue weighted by molar-refractivity contribution is -0.274. The predicted molar refractivity (Wildman–Crippen MR) is 98.3 cm³/mol. The van der Waals surface area contributed by atoms with Crippen LogP contribution in [0, 0.1) is 11.3 Å². The first kappa shape index (κ1) is 20.1.